The van der Waals surface area contributed by atoms with Crippen molar-refractivity contribution in [2.24, 2.45) is 0 Å². The van der Waals surface area contributed by atoms with Gasteiger partial charge in [-0.25, -0.2) is 9.59 Å². The summed E-state index contributed by atoms with van der Waals surface area (Å²) in [6.07, 6.45) is -0.677. The summed E-state index contributed by atoms with van der Waals surface area (Å²) in [5, 5.41) is 12.2. The van der Waals surface area contributed by atoms with Gasteiger partial charge in [-0.05, 0) is 54.2 Å². The quantitative estimate of drug-likeness (QED) is 0.416. The second-order valence-electron chi connectivity index (χ2n) is 10.1. The van der Waals surface area contributed by atoms with Crippen LogP contribution in [0.5, 0.6) is 0 Å². The number of carboxylic acid groups (broad SMARTS) is 1. The van der Waals surface area contributed by atoms with Crippen LogP contribution in [0.3, 0.4) is 0 Å². The molecule has 3 aromatic carbocycles. The number of hydrogen-bond acceptors (Lipinski definition) is 5. The molecule has 37 heavy (non-hydrogen) atoms. The monoisotopic (exact) mass is 501 g/mol. The number of carbonyl (C=O) groups excluding carboxylic acids is 2. The van der Waals surface area contributed by atoms with E-state index in [2.05, 4.69) is 5.32 Å². The van der Waals surface area contributed by atoms with Gasteiger partial charge in [0.15, 0.2) is 0 Å². The van der Waals surface area contributed by atoms with Crippen molar-refractivity contribution in [3.05, 3.63) is 95.1 Å². The predicted octanol–water partition coefficient (Wildman–Crippen LogP) is 5.11. The number of hydrogen-bond donors (Lipinski definition) is 2. The maximum Gasteiger partial charge on any atom is 0.407 e. The Bertz CT molecular complexity index is 1260. The summed E-state index contributed by atoms with van der Waals surface area (Å²) in [5.74, 6) is -1.66. The van der Waals surface area contributed by atoms with Crippen molar-refractivity contribution in [1.82, 2.24) is 5.32 Å². The fourth-order valence-electron chi connectivity index (χ4n) is 4.63. The third-order valence-electron chi connectivity index (χ3n) is 6.13. The summed E-state index contributed by atoms with van der Waals surface area (Å²) in [6, 6.07) is 21.8. The van der Waals surface area contributed by atoms with Gasteiger partial charge in [-0.1, -0.05) is 72.8 Å². The fourth-order valence-corrected chi connectivity index (χ4v) is 4.63. The predicted molar refractivity (Wildman–Crippen MR) is 139 cm³/mol. The molecule has 7 heteroatoms. The molecule has 0 aromatic heterocycles. The number of aliphatic carboxylic acids is 1. The maximum atomic E-state index is 12.6. The van der Waals surface area contributed by atoms with Crippen molar-refractivity contribution in [1.29, 1.82) is 0 Å². The van der Waals surface area contributed by atoms with E-state index >= 15 is 0 Å². The number of fused-ring (bicyclic) bond motifs is 3. The molecule has 1 atom stereocenters. The van der Waals surface area contributed by atoms with Crippen molar-refractivity contribution < 1.29 is 29.0 Å². The smallest absolute Gasteiger partial charge is 0.407 e. The molecule has 1 aliphatic rings. The molecule has 3 aromatic rings. The molecule has 192 valence electrons. The fraction of sp³-hybridized carbons (Fsp3) is 0.300. The average molecular weight is 502 g/mol. The zero-order chi connectivity index (χ0) is 26.6. The average Bonchev–Trinajstić information content (AvgIpc) is 3.15. The zero-order valence-corrected chi connectivity index (χ0v) is 21.2. The van der Waals surface area contributed by atoms with E-state index in [1.54, 1.807) is 45.0 Å². The van der Waals surface area contributed by atoms with E-state index in [0.717, 1.165) is 22.3 Å². The summed E-state index contributed by atoms with van der Waals surface area (Å²) >= 11 is 0. The van der Waals surface area contributed by atoms with Gasteiger partial charge >= 0.3 is 18.0 Å². The van der Waals surface area contributed by atoms with Gasteiger partial charge in [-0.15, -0.1) is 0 Å². The molecular weight excluding hydrogens is 470 g/mol. The minimum absolute atomic E-state index is 0.0433. The molecule has 2 N–H and O–H groups in total. The zero-order valence-electron chi connectivity index (χ0n) is 21.2. The molecule has 0 radical (unpaired) electrons. The summed E-state index contributed by atoms with van der Waals surface area (Å²) in [6.45, 7) is 5.49. The van der Waals surface area contributed by atoms with Crippen LogP contribution in [0.2, 0.25) is 0 Å². The molecule has 4 rings (SSSR count). The molecule has 0 saturated carbocycles. The van der Waals surface area contributed by atoms with Crippen LogP contribution in [-0.2, 0) is 31.9 Å². The minimum Gasteiger partial charge on any atom is -0.480 e. The minimum atomic E-state index is -1.19. The van der Waals surface area contributed by atoms with Crippen LogP contribution in [0.4, 0.5) is 4.79 Å². The van der Waals surface area contributed by atoms with Gasteiger partial charge in [0.25, 0.3) is 0 Å². The van der Waals surface area contributed by atoms with E-state index in [-0.39, 0.29) is 31.3 Å². The van der Waals surface area contributed by atoms with Crippen molar-refractivity contribution in [3.63, 3.8) is 0 Å². The topological polar surface area (TPSA) is 102 Å². The normalized spacial score (nSPS) is 13.3. The van der Waals surface area contributed by atoms with Gasteiger partial charge in [0.2, 0.25) is 0 Å². The number of carbonyl (C=O) groups is 3. The van der Waals surface area contributed by atoms with E-state index in [9.17, 15) is 19.5 Å². The second-order valence-corrected chi connectivity index (χ2v) is 10.1. The Balaban J connectivity index is 1.38. The Kier molecular flexibility index (Phi) is 7.62. The van der Waals surface area contributed by atoms with Crippen LogP contribution < -0.4 is 5.32 Å². The van der Waals surface area contributed by atoms with Crippen LogP contribution in [0, 0.1) is 0 Å². The summed E-state index contributed by atoms with van der Waals surface area (Å²) in [5.41, 5.74) is 5.17. The van der Waals surface area contributed by atoms with Gasteiger partial charge in [0.1, 0.15) is 18.2 Å². The molecule has 0 heterocycles. The standard InChI is InChI=1S/C30H31NO6/c1-30(2,3)37-27(32)17-20-10-8-9-19(15-20)16-26(28(33)34)31-29(35)36-18-25-23-13-6-4-11-21(23)22-12-5-7-14-24(22)25/h4-15,25-26H,16-18H2,1-3H3,(H,31,35)(H,33,34)/t26-/m1/s1. The molecule has 0 bridgehead atoms. The van der Waals surface area contributed by atoms with Gasteiger partial charge in [-0.3, -0.25) is 4.79 Å². The molecule has 0 fully saturated rings. The van der Waals surface area contributed by atoms with Crippen LogP contribution >= 0.6 is 0 Å². The number of amides is 1. The summed E-state index contributed by atoms with van der Waals surface area (Å²) < 4.78 is 10.9. The largest absolute Gasteiger partial charge is 0.480 e. The number of ether oxygens (including phenoxy) is 2. The third-order valence-corrected chi connectivity index (χ3v) is 6.13. The van der Waals surface area contributed by atoms with E-state index in [4.69, 9.17) is 9.47 Å². The first-order chi connectivity index (χ1) is 17.6. The number of benzene rings is 3. The van der Waals surface area contributed by atoms with E-state index < -0.39 is 23.7 Å². The van der Waals surface area contributed by atoms with Gasteiger partial charge in [-0.2, -0.15) is 0 Å². The van der Waals surface area contributed by atoms with E-state index in [1.165, 1.54) is 0 Å². The number of carboxylic acids is 1. The van der Waals surface area contributed by atoms with Crippen molar-refractivity contribution in [2.45, 2.75) is 51.2 Å². The lowest BCUT2D eigenvalue weighted by Crippen LogP contribution is -2.42. The van der Waals surface area contributed by atoms with E-state index in [0.29, 0.717) is 11.1 Å². The Morgan fingerprint density at radius 2 is 1.49 bits per heavy atom. The number of rotatable bonds is 8. The Morgan fingerprint density at radius 1 is 0.892 bits per heavy atom. The summed E-state index contributed by atoms with van der Waals surface area (Å²) in [7, 11) is 0. The lowest BCUT2D eigenvalue weighted by molar-refractivity contribution is -0.154. The Hall–Kier alpha value is -4.13. The van der Waals surface area contributed by atoms with Gasteiger partial charge in [0.05, 0.1) is 6.42 Å². The number of nitrogens with one attached hydrogen (secondary N) is 1. The molecule has 7 nitrogen and oxygen atoms in total. The molecular formula is C30H31NO6. The van der Waals surface area contributed by atoms with E-state index in [1.807, 2.05) is 48.5 Å². The van der Waals surface area contributed by atoms with Crippen molar-refractivity contribution in [3.8, 4) is 11.1 Å². The highest BCUT2D eigenvalue weighted by Gasteiger charge is 2.30. The number of esters is 1. The SMILES string of the molecule is CC(C)(C)OC(=O)Cc1cccc(C[C@@H](NC(=O)OCC2c3ccccc3-c3ccccc32)C(=O)O)c1. The van der Waals surface area contributed by atoms with Crippen LogP contribution in [-0.4, -0.2) is 41.4 Å². The van der Waals surface area contributed by atoms with Crippen molar-refractivity contribution in [2.75, 3.05) is 6.61 Å². The van der Waals surface area contributed by atoms with Gasteiger partial charge < -0.3 is 19.9 Å². The molecule has 0 saturated heterocycles. The Labute approximate surface area is 216 Å². The van der Waals surface area contributed by atoms with Crippen LogP contribution in [0.1, 0.15) is 48.9 Å². The van der Waals surface area contributed by atoms with Gasteiger partial charge in [0, 0.05) is 12.3 Å². The lowest BCUT2D eigenvalue weighted by atomic mass is 9.98. The van der Waals surface area contributed by atoms with Crippen LogP contribution in [0.25, 0.3) is 11.1 Å². The first-order valence-electron chi connectivity index (χ1n) is 12.2. The summed E-state index contributed by atoms with van der Waals surface area (Å²) in [4.78, 5) is 36.7. The molecule has 0 spiro atoms. The molecule has 1 amide bonds. The number of alkyl carbamates (subject to hydrolysis) is 1. The molecule has 0 aliphatic heterocycles. The van der Waals surface area contributed by atoms with Crippen molar-refractivity contribution >= 4 is 18.0 Å². The first-order valence-corrected chi connectivity index (χ1v) is 12.2. The Morgan fingerprint density at radius 3 is 2.08 bits per heavy atom. The maximum absolute atomic E-state index is 12.6. The highest BCUT2D eigenvalue weighted by Crippen LogP contribution is 2.44. The third kappa shape index (κ3) is 6.55. The first kappa shape index (κ1) is 25.9. The molecule has 1 aliphatic carbocycles. The van der Waals surface area contributed by atoms with Crippen LogP contribution in [0.15, 0.2) is 72.8 Å². The second kappa shape index (κ2) is 10.9. The lowest BCUT2D eigenvalue weighted by Gasteiger charge is -2.19. The highest BCUT2D eigenvalue weighted by molar-refractivity contribution is 5.81. The molecule has 0 unspecified atom stereocenters. The highest BCUT2D eigenvalue weighted by atomic mass is 16.6.